The van der Waals surface area contributed by atoms with Crippen LogP contribution in [-0.2, 0) is 4.74 Å². The molecule has 1 fully saturated rings. The topological polar surface area (TPSA) is 50.4 Å². The average Bonchev–Trinajstić information content (AvgIpc) is 2.47. The molecule has 1 aromatic carbocycles. The molecule has 0 atom stereocenters. The van der Waals surface area contributed by atoms with Crippen LogP contribution in [0.3, 0.4) is 0 Å². The van der Waals surface area contributed by atoms with Crippen LogP contribution in [0.2, 0.25) is 0 Å². The number of rotatable bonds is 5. The van der Waals surface area contributed by atoms with E-state index in [0.717, 1.165) is 35.1 Å². The van der Waals surface area contributed by atoms with Crippen molar-refractivity contribution in [3.8, 4) is 0 Å². The van der Waals surface area contributed by atoms with E-state index in [2.05, 4.69) is 33.2 Å². The summed E-state index contributed by atoms with van der Waals surface area (Å²) in [5.41, 5.74) is 0.810. The number of piperidine rings is 1. The Labute approximate surface area is 133 Å². The molecule has 1 heterocycles. The Kier molecular flexibility index (Phi) is 5.80. The Hall–Kier alpha value is -0.660. The first kappa shape index (κ1) is 15.7. The summed E-state index contributed by atoms with van der Waals surface area (Å²) in [6, 6.07) is 7.65. The molecule has 1 saturated heterocycles. The van der Waals surface area contributed by atoms with Crippen LogP contribution in [0.15, 0.2) is 24.3 Å². The minimum Gasteiger partial charge on any atom is -0.384 e. The number of benzene rings is 1. The van der Waals surface area contributed by atoms with Crippen molar-refractivity contribution in [3.63, 3.8) is 0 Å². The van der Waals surface area contributed by atoms with Crippen molar-refractivity contribution in [1.29, 1.82) is 0 Å². The first-order valence-electron chi connectivity index (χ1n) is 6.89. The summed E-state index contributed by atoms with van der Waals surface area (Å²) in [6.07, 6.45) is 2.07. The van der Waals surface area contributed by atoms with Crippen LogP contribution in [0.4, 0.5) is 0 Å². The van der Waals surface area contributed by atoms with Crippen molar-refractivity contribution in [2.75, 3.05) is 33.4 Å². The Morgan fingerprint density at radius 1 is 1.40 bits per heavy atom. The fraction of sp³-hybridized carbons (Fsp3) is 0.533. The van der Waals surface area contributed by atoms with Crippen LogP contribution < -0.4 is 10.6 Å². The fourth-order valence-corrected chi connectivity index (χ4v) is 3.28. The van der Waals surface area contributed by atoms with E-state index in [1.807, 2.05) is 24.3 Å². The second-order valence-electron chi connectivity index (χ2n) is 5.35. The van der Waals surface area contributed by atoms with E-state index in [4.69, 9.17) is 4.74 Å². The highest BCUT2D eigenvalue weighted by molar-refractivity contribution is 14.1. The highest BCUT2D eigenvalue weighted by Crippen LogP contribution is 2.28. The van der Waals surface area contributed by atoms with Crippen molar-refractivity contribution >= 4 is 28.5 Å². The minimum atomic E-state index is 0.00371. The molecule has 0 unspecified atom stereocenters. The maximum Gasteiger partial charge on any atom is 0.252 e. The van der Waals surface area contributed by atoms with E-state index in [9.17, 15) is 4.79 Å². The van der Waals surface area contributed by atoms with Crippen molar-refractivity contribution in [2.45, 2.75) is 12.8 Å². The third-order valence-corrected chi connectivity index (χ3v) is 4.80. The summed E-state index contributed by atoms with van der Waals surface area (Å²) in [5.74, 6) is 0.00371. The Morgan fingerprint density at radius 3 is 2.75 bits per heavy atom. The number of hydrogen-bond acceptors (Lipinski definition) is 3. The first-order chi connectivity index (χ1) is 9.67. The number of carbonyl (C=O) groups excluding carboxylic acids is 1. The van der Waals surface area contributed by atoms with Crippen molar-refractivity contribution in [2.24, 2.45) is 5.41 Å². The molecule has 1 amide bonds. The average molecular weight is 388 g/mol. The zero-order chi connectivity index (χ0) is 14.4. The van der Waals surface area contributed by atoms with Crippen LogP contribution in [0.1, 0.15) is 23.2 Å². The van der Waals surface area contributed by atoms with Crippen molar-refractivity contribution in [3.05, 3.63) is 33.4 Å². The smallest absolute Gasteiger partial charge is 0.252 e. The van der Waals surface area contributed by atoms with Gasteiger partial charge in [-0.05, 0) is 60.7 Å². The summed E-state index contributed by atoms with van der Waals surface area (Å²) in [7, 11) is 1.73. The Bertz CT molecular complexity index is 453. The molecule has 0 saturated carbocycles. The van der Waals surface area contributed by atoms with Gasteiger partial charge in [0.05, 0.1) is 12.2 Å². The molecule has 0 radical (unpaired) electrons. The van der Waals surface area contributed by atoms with Gasteiger partial charge in [0.15, 0.2) is 0 Å². The van der Waals surface area contributed by atoms with Crippen LogP contribution in [-0.4, -0.2) is 39.3 Å². The van der Waals surface area contributed by atoms with Gasteiger partial charge in [-0.2, -0.15) is 0 Å². The molecule has 1 aliphatic heterocycles. The lowest BCUT2D eigenvalue weighted by Gasteiger charge is -2.37. The number of methoxy groups -OCH3 is 1. The lowest BCUT2D eigenvalue weighted by Crippen LogP contribution is -2.47. The summed E-state index contributed by atoms with van der Waals surface area (Å²) in [5, 5.41) is 6.44. The van der Waals surface area contributed by atoms with E-state index in [-0.39, 0.29) is 11.3 Å². The van der Waals surface area contributed by atoms with E-state index in [0.29, 0.717) is 13.2 Å². The van der Waals surface area contributed by atoms with Gasteiger partial charge in [0.2, 0.25) is 0 Å². The summed E-state index contributed by atoms with van der Waals surface area (Å²) < 4.78 is 6.35. The normalized spacial score (nSPS) is 17.7. The van der Waals surface area contributed by atoms with E-state index in [1.165, 1.54) is 0 Å². The van der Waals surface area contributed by atoms with Gasteiger partial charge in [0, 0.05) is 22.6 Å². The molecule has 0 bridgehead atoms. The SMILES string of the molecule is COCC1(CNC(=O)c2ccccc2I)CCNCC1. The molecule has 4 nitrogen and oxygen atoms in total. The van der Waals surface area contributed by atoms with Gasteiger partial charge >= 0.3 is 0 Å². The van der Waals surface area contributed by atoms with Gasteiger partial charge in [0.1, 0.15) is 0 Å². The molecule has 0 spiro atoms. The molecule has 1 aliphatic rings. The minimum absolute atomic E-state index is 0.00371. The predicted molar refractivity (Wildman–Crippen MR) is 87.9 cm³/mol. The number of carbonyl (C=O) groups is 1. The number of hydrogen-bond donors (Lipinski definition) is 2. The van der Waals surface area contributed by atoms with E-state index in [1.54, 1.807) is 7.11 Å². The van der Waals surface area contributed by atoms with E-state index >= 15 is 0 Å². The molecule has 110 valence electrons. The molecule has 2 N–H and O–H groups in total. The maximum atomic E-state index is 12.3. The van der Waals surface area contributed by atoms with Crippen molar-refractivity contribution < 1.29 is 9.53 Å². The molecule has 1 aromatic rings. The highest BCUT2D eigenvalue weighted by atomic mass is 127. The maximum absolute atomic E-state index is 12.3. The number of nitrogens with one attached hydrogen (secondary N) is 2. The highest BCUT2D eigenvalue weighted by Gasteiger charge is 2.32. The molecular formula is C15H21IN2O2. The largest absolute Gasteiger partial charge is 0.384 e. The molecule has 20 heavy (non-hydrogen) atoms. The van der Waals surface area contributed by atoms with Gasteiger partial charge in [-0.3, -0.25) is 4.79 Å². The third kappa shape index (κ3) is 3.93. The second-order valence-corrected chi connectivity index (χ2v) is 6.51. The Balaban J connectivity index is 1.99. The summed E-state index contributed by atoms with van der Waals surface area (Å²) in [4.78, 5) is 12.3. The zero-order valence-electron chi connectivity index (χ0n) is 11.7. The molecular weight excluding hydrogens is 367 g/mol. The van der Waals surface area contributed by atoms with Crippen LogP contribution in [0, 0.1) is 8.99 Å². The predicted octanol–water partition coefficient (Wildman–Crippen LogP) is 2.04. The zero-order valence-corrected chi connectivity index (χ0v) is 13.9. The monoisotopic (exact) mass is 388 g/mol. The first-order valence-corrected chi connectivity index (χ1v) is 7.97. The van der Waals surface area contributed by atoms with Crippen LogP contribution in [0.5, 0.6) is 0 Å². The van der Waals surface area contributed by atoms with Gasteiger partial charge in [0.25, 0.3) is 5.91 Å². The molecule has 5 heteroatoms. The summed E-state index contributed by atoms with van der Waals surface area (Å²) in [6.45, 7) is 3.34. The molecule has 0 aliphatic carbocycles. The lowest BCUT2D eigenvalue weighted by molar-refractivity contribution is 0.0511. The fourth-order valence-electron chi connectivity index (χ4n) is 2.64. The number of ether oxygens (including phenoxy) is 1. The van der Waals surface area contributed by atoms with Gasteiger partial charge in [-0.15, -0.1) is 0 Å². The van der Waals surface area contributed by atoms with Gasteiger partial charge < -0.3 is 15.4 Å². The molecule has 2 rings (SSSR count). The number of amides is 1. The standard InChI is InChI=1S/C15H21IN2O2/c1-20-11-15(6-8-17-9-7-15)10-18-14(19)12-4-2-3-5-13(12)16/h2-5,17H,6-11H2,1H3,(H,18,19). The number of halogens is 1. The van der Waals surface area contributed by atoms with E-state index < -0.39 is 0 Å². The third-order valence-electron chi connectivity index (χ3n) is 3.86. The van der Waals surface area contributed by atoms with Gasteiger partial charge in [-0.25, -0.2) is 0 Å². The van der Waals surface area contributed by atoms with Crippen LogP contribution in [0.25, 0.3) is 0 Å². The van der Waals surface area contributed by atoms with Gasteiger partial charge in [-0.1, -0.05) is 12.1 Å². The summed E-state index contributed by atoms with van der Waals surface area (Å²) >= 11 is 2.19. The lowest BCUT2D eigenvalue weighted by atomic mass is 9.79. The molecule has 0 aromatic heterocycles. The van der Waals surface area contributed by atoms with Crippen molar-refractivity contribution in [1.82, 2.24) is 10.6 Å². The van der Waals surface area contributed by atoms with Crippen LogP contribution >= 0.6 is 22.6 Å². The quantitative estimate of drug-likeness (QED) is 0.760. The Morgan fingerprint density at radius 2 is 2.10 bits per heavy atom. The second kappa shape index (κ2) is 7.38.